The van der Waals surface area contributed by atoms with Crippen molar-refractivity contribution in [1.29, 1.82) is 0 Å². The first kappa shape index (κ1) is 19.6. The standard InChI is InChI=1S/C20H29N3OS/c1-4-23(5-2)14-18-15-25-20(22-18)13-21-19(24)12-8-11-17-10-7-6-9-16(17)3/h6-7,9-10,15H,4-5,8,11-14H2,1-3H3,(H,21,24). The lowest BCUT2D eigenvalue weighted by Crippen LogP contribution is -2.23. The van der Waals surface area contributed by atoms with Crippen molar-refractivity contribution in [2.45, 2.75) is 53.1 Å². The van der Waals surface area contributed by atoms with Crippen molar-refractivity contribution < 1.29 is 4.79 Å². The lowest BCUT2D eigenvalue weighted by atomic mass is 10.0. The van der Waals surface area contributed by atoms with E-state index in [0.717, 1.165) is 43.2 Å². The Bertz CT molecular complexity index is 664. The Morgan fingerprint density at radius 3 is 2.72 bits per heavy atom. The van der Waals surface area contributed by atoms with Gasteiger partial charge in [-0.25, -0.2) is 4.98 Å². The monoisotopic (exact) mass is 359 g/mol. The van der Waals surface area contributed by atoms with Crippen LogP contribution in [-0.2, 0) is 24.3 Å². The second-order valence-corrected chi connectivity index (χ2v) is 7.19. The predicted octanol–water partition coefficient (Wildman–Crippen LogP) is 3.93. The maximum atomic E-state index is 12.0. The highest BCUT2D eigenvalue weighted by atomic mass is 32.1. The van der Waals surface area contributed by atoms with Crippen LogP contribution in [0.3, 0.4) is 0 Å². The molecular weight excluding hydrogens is 330 g/mol. The molecule has 136 valence electrons. The Morgan fingerprint density at radius 2 is 2.00 bits per heavy atom. The summed E-state index contributed by atoms with van der Waals surface area (Å²) in [6.07, 6.45) is 2.39. The zero-order chi connectivity index (χ0) is 18.1. The number of benzene rings is 1. The third-order valence-corrected chi connectivity index (χ3v) is 5.32. The third-order valence-electron chi connectivity index (χ3n) is 4.43. The summed E-state index contributed by atoms with van der Waals surface area (Å²) < 4.78 is 0. The van der Waals surface area contributed by atoms with Crippen molar-refractivity contribution in [3.05, 3.63) is 51.5 Å². The van der Waals surface area contributed by atoms with Gasteiger partial charge in [-0.2, -0.15) is 0 Å². The molecule has 0 saturated carbocycles. The molecule has 0 radical (unpaired) electrons. The number of hydrogen-bond donors (Lipinski definition) is 1. The van der Waals surface area contributed by atoms with Crippen molar-refractivity contribution in [1.82, 2.24) is 15.2 Å². The highest BCUT2D eigenvalue weighted by Crippen LogP contribution is 2.13. The summed E-state index contributed by atoms with van der Waals surface area (Å²) in [5.74, 6) is 0.106. The number of carbonyl (C=O) groups is 1. The van der Waals surface area contributed by atoms with Gasteiger partial charge in [0.1, 0.15) is 5.01 Å². The van der Waals surface area contributed by atoms with Gasteiger partial charge in [-0.3, -0.25) is 9.69 Å². The molecule has 25 heavy (non-hydrogen) atoms. The molecule has 1 heterocycles. The van der Waals surface area contributed by atoms with Crippen molar-refractivity contribution in [3.8, 4) is 0 Å². The number of aryl methyl sites for hydroxylation is 2. The number of hydrogen-bond acceptors (Lipinski definition) is 4. The Kier molecular flexibility index (Phi) is 8.09. The summed E-state index contributed by atoms with van der Waals surface area (Å²) in [6.45, 7) is 9.91. The SMILES string of the molecule is CCN(CC)Cc1csc(CNC(=O)CCCc2ccccc2C)n1. The lowest BCUT2D eigenvalue weighted by molar-refractivity contribution is -0.121. The molecule has 0 spiro atoms. The van der Waals surface area contributed by atoms with Gasteiger partial charge in [0.15, 0.2) is 0 Å². The minimum absolute atomic E-state index is 0.106. The number of rotatable bonds is 10. The zero-order valence-electron chi connectivity index (χ0n) is 15.5. The molecule has 2 rings (SSSR count). The molecule has 5 heteroatoms. The lowest BCUT2D eigenvalue weighted by Gasteiger charge is -2.15. The maximum Gasteiger partial charge on any atom is 0.220 e. The van der Waals surface area contributed by atoms with E-state index in [-0.39, 0.29) is 5.91 Å². The summed E-state index contributed by atoms with van der Waals surface area (Å²) in [5.41, 5.74) is 3.72. The first-order chi connectivity index (χ1) is 12.1. The van der Waals surface area contributed by atoms with Gasteiger partial charge in [-0.1, -0.05) is 38.1 Å². The van der Waals surface area contributed by atoms with E-state index in [4.69, 9.17) is 0 Å². The number of thiazole rings is 1. The zero-order valence-corrected chi connectivity index (χ0v) is 16.4. The molecule has 1 aromatic heterocycles. The van der Waals surface area contributed by atoms with Crippen LogP contribution in [0.15, 0.2) is 29.6 Å². The summed E-state index contributed by atoms with van der Waals surface area (Å²) >= 11 is 1.62. The van der Waals surface area contributed by atoms with Crippen LogP contribution in [0.25, 0.3) is 0 Å². The van der Waals surface area contributed by atoms with E-state index in [1.165, 1.54) is 11.1 Å². The van der Waals surface area contributed by atoms with Gasteiger partial charge in [-0.05, 0) is 44.0 Å². The number of nitrogens with one attached hydrogen (secondary N) is 1. The minimum Gasteiger partial charge on any atom is -0.350 e. The fourth-order valence-corrected chi connectivity index (χ4v) is 3.50. The molecule has 0 aliphatic heterocycles. The molecule has 0 atom stereocenters. The molecule has 0 aliphatic carbocycles. The van der Waals surface area contributed by atoms with Crippen molar-refractivity contribution in [3.63, 3.8) is 0 Å². The van der Waals surface area contributed by atoms with Crippen LogP contribution >= 0.6 is 11.3 Å². The highest BCUT2D eigenvalue weighted by Gasteiger charge is 2.08. The van der Waals surface area contributed by atoms with Crippen LogP contribution in [0.2, 0.25) is 0 Å². The topological polar surface area (TPSA) is 45.2 Å². The summed E-state index contributed by atoms with van der Waals surface area (Å²) in [7, 11) is 0. The van der Waals surface area contributed by atoms with Gasteiger partial charge < -0.3 is 5.32 Å². The third kappa shape index (κ3) is 6.59. The van der Waals surface area contributed by atoms with Crippen LogP contribution in [0.4, 0.5) is 0 Å². The molecule has 0 aliphatic rings. The second-order valence-electron chi connectivity index (χ2n) is 6.25. The number of carbonyl (C=O) groups excluding carboxylic acids is 1. The first-order valence-corrected chi connectivity index (χ1v) is 9.97. The van der Waals surface area contributed by atoms with Gasteiger partial charge in [-0.15, -0.1) is 11.3 Å². The predicted molar refractivity (Wildman–Crippen MR) is 105 cm³/mol. The molecule has 1 N–H and O–H groups in total. The molecule has 0 unspecified atom stereocenters. The molecule has 0 bridgehead atoms. The van der Waals surface area contributed by atoms with E-state index < -0.39 is 0 Å². The second kappa shape index (κ2) is 10.3. The van der Waals surface area contributed by atoms with Crippen molar-refractivity contribution >= 4 is 17.2 Å². The average molecular weight is 360 g/mol. The summed E-state index contributed by atoms with van der Waals surface area (Å²) in [4.78, 5) is 19.0. The molecule has 1 amide bonds. The highest BCUT2D eigenvalue weighted by molar-refractivity contribution is 7.09. The molecule has 1 aromatic carbocycles. The number of amides is 1. The van der Waals surface area contributed by atoms with Crippen molar-refractivity contribution in [2.24, 2.45) is 0 Å². The van der Waals surface area contributed by atoms with Gasteiger partial charge in [0.25, 0.3) is 0 Å². The molecule has 0 fully saturated rings. The van der Waals surface area contributed by atoms with Crippen LogP contribution in [0.5, 0.6) is 0 Å². The minimum atomic E-state index is 0.106. The van der Waals surface area contributed by atoms with E-state index >= 15 is 0 Å². The average Bonchev–Trinajstić information content (AvgIpc) is 3.07. The van der Waals surface area contributed by atoms with E-state index in [9.17, 15) is 4.79 Å². The molecular formula is C20H29N3OS. The molecule has 2 aromatic rings. The van der Waals surface area contributed by atoms with Crippen LogP contribution in [0, 0.1) is 6.92 Å². The molecule has 4 nitrogen and oxygen atoms in total. The van der Waals surface area contributed by atoms with Crippen LogP contribution in [0.1, 0.15) is 48.5 Å². The van der Waals surface area contributed by atoms with Crippen molar-refractivity contribution in [2.75, 3.05) is 13.1 Å². The summed E-state index contributed by atoms with van der Waals surface area (Å²) in [6, 6.07) is 8.36. The van der Waals surface area contributed by atoms with Gasteiger partial charge in [0.2, 0.25) is 5.91 Å². The normalized spacial score (nSPS) is 11.0. The maximum absolute atomic E-state index is 12.0. The quantitative estimate of drug-likeness (QED) is 0.699. The van der Waals surface area contributed by atoms with Gasteiger partial charge >= 0.3 is 0 Å². The Hall–Kier alpha value is -1.72. The van der Waals surface area contributed by atoms with Crippen LogP contribution < -0.4 is 5.32 Å². The van der Waals surface area contributed by atoms with E-state index in [2.05, 4.69) is 59.6 Å². The first-order valence-electron chi connectivity index (χ1n) is 9.09. The Balaban J connectivity index is 1.70. The Labute approximate surface area is 155 Å². The smallest absolute Gasteiger partial charge is 0.220 e. The Morgan fingerprint density at radius 1 is 1.24 bits per heavy atom. The fraction of sp³-hybridized carbons (Fsp3) is 0.500. The van der Waals surface area contributed by atoms with E-state index in [1.807, 2.05) is 6.07 Å². The van der Waals surface area contributed by atoms with Gasteiger partial charge in [0, 0.05) is 18.3 Å². The number of aromatic nitrogens is 1. The number of nitrogens with zero attached hydrogens (tertiary/aromatic N) is 2. The van der Waals surface area contributed by atoms with E-state index in [0.29, 0.717) is 13.0 Å². The van der Waals surface area contributed by atoms with Crippen LogP contribution in [-0.4, -0.2) is 28.9 Å². The fourth-order valence-electron chi connectivity index (χ4n) is 2.77. The van der Waals surface area contributed by atoms with E-state index in [1.54, 1.807) is 11.3 Å². The molecule has 0 saturated heterocycles. The summed E-state index contributed by atoms with van der Waals surface area (Å²) in [5, 5.41) is 6.07. The largest absolute Gasteiger partial charge is 0.350 e. The van der Waals surface area contributed by atoms with Gasteiger partial charge in [0.05, 0.1) is 12.2 Å².